The number of nitrogens with one attached hydrogen (secondary N) is 2. The molecule has 0 radical (unpaired) electrons. The molecule has 0 amide bonds. The Bertz CT molecular complexity index is 758. The Hall–Kier alpha value is -1.85. The second kappa shape index (κ2) is 10.5. The summed E-state index contributed by atoms with van der Waals surface area (Å²) in [7, 11) is 3.38. The summed E-state index contributed by atoms with van der Waals surface area (Å²) in [6.45, 7) is 0.488. The van der Waals surface area contributed by atoms with Crippen LogP contribution >= 0.6 is 24.0 Å². The number of halogens is 5. The van der Waals surface area contributed by atoms with Gasteiger partial charge in [0.1, 0.15) is 5.82 Å². The van der Waals surface area contributed by atoms with E-state index in [0.29, 0.717) is 18.6 Å². The Morgan fingerprint density at radius 2 is 2.00 bits per heavy atom. The van der Waals surface area contributed by atoms with E-state index in [1.165, 1.54) is 7.05 Å². The molecule has 5 nitrogen and oxygen atoms in total. The monoisotopic (exact) mass is 499 g/mol. The summed E-state index contributed by atoms with van der Waals surface area (Å²) in [5.41, 5.74) is 0.0765. The summed E-state index contributed by atoms with van der Waals surface area (Å²) in [4.78, 5) is 3.98. The molecule has 0 saturated carbocycles. The highest BCUT2D eigenvalue weighted by molar-refractivity contribution is 14.0. The zero-order valence-electron chi connectivity index (χ0n) is 15.0. The molecule has 1 aromatic carbocycles. The van der Waals surface area contributed by atoms with Gasteiger partial charge in [-0.1, -0.05) is 6.07 Å². The number of rotatable bonds is 6. The van der Waals surface area contributed by atoms with Gasteiger partial charge in [0.15, 0.2) is 5.96 Å². The smallest absolute Gasteiger partial charge is 0.356 e. The summed E-state index contributed by atoms with van der Waals surface area (Å²) in [6, 6.07) is 2.64. The number of aromatic nitrogens is 2. The lowest BCUT2D eigenvalue weighted by Gasteiger charge is -2.16. The number of aryl methyl sites for hydroxylation is 2. The lowest BCUT2D eigenvalue weighted by Crippen LogP contribution is -2.37. The molecule has 150 valence electrons. The van der Waals surface area contributed by atoms with Crippen LogP contribution in [-0.4, -0.2) is 29.3 Å². The number of benzene rings is 1. The van der Waals surface area contributed by atoms with Crippen molar-refractivity contribution in [2.24, 2.45) is 12.0 Å². The van der Waals surface area contributed by atoms with Gasteiger partial charge in [-0.15, -0.1) is 24.0 Å². The Kier molecular flexibility index (Phi) is 9.00. The van der Waals surface area contributed by atoms with Crippen LogP contribution in [0.1, 0.15) is 23.1 Å². The molecular weight excluding hydrogens is 477 g/mol. The fraction of sp³-hybridized carbons (Fsp3) is 0.412. The number of alkyl halides is 3. The van der Waals surface area contributed by atoms with E-state index in [2.05, 4.69) is 20.7 Å². The fourth-order valence-electron chi connectivity index (χ4n) is 2.47. The lowest BCUT2D eigenvalue weighted by atomic mass is 10.1. The van der Waals surface area contributed by atoms with Gasteiger partial charge in [0.05, 0.1) is 11.8 Å². The molecule has 0 aliphatic rings. The maximum Gasteiger partial charge on any atom is 0.416 e. The molecule has 0 atom stereocenters. The van der Waals surface area contributed by atoms with Gasteiger partial charge in [-0.25, -0.2) is 4.39 Å². The first-order valence-electron chi connectivity index (χ1n) is 8.07. The van der Waals surface area contributed by atoms with Crippen molar-refractivity contribution in [3.8, 4) is 0 Å². The van der Waals surface area contributed by atoms with Crippen molar-refractivity contribution >= 4 is 29.9 Å². The van der Waals surface area contributed by atoms with Crippen LogP contribution in [0, 0.1) is 5.82 Å². The second-order valence-corrected chi connectivity index (χ2v) is 5.78. The van der Waals surface area contributed by atoms with Crippen molar-refractivity contribution in [1.82, 2.24) is 20.4 Å². The van der Waals surface area contributed by atoms with E-state index < -0.39 is 17.6 Å². The molecule has 1 heterocycles. The first kappa shape index (κ1) is 23.2. The molecule has 0 unspecified atom stereocenters. The lowest BCUT2D eigenvalue weighted by molar-refractivity contribution is -0.138. The molecule has 0 aliphatic heterocycles. The highest BCUT2D eigenvalue weighted by atomic mass is 127. The molecule has 2 N–H and O–H groups in total. The molecule has 1 aromatic heterocycles. The number of guanidine groups is 1. The number of hydrogen-bond donors (Lipinski definition) is 2. The molecule has 0 aliphatic carbocycles. The van der Waals surface area contributed by atoms with Crippen LogP contribution in [0.3, 0.4) is 0 Å². The van der Waals surface area contributed by atoms with Crippen LogP contribution in [0.25, 0.3) is 0 Å². The van der Waals surface area contributed by atoms with Gasteiger partial charge in [0.2, 0.25) is 0 Å². The summed E-state index contributed by atoms with van der Waals surface area (Å²) >= 11 is 0. The van der Waals surface area contributed by atoms with Crippen molar-refractivity contribution in [1.29, 1.82) is 0 Å². The quantitative estimate of drug-likeness (QED) is 0.211. The number of nitrogens with zero attached hydrogens (tertiary/aromatic N) is 3. The molecule has 0 bridgehead atoms. The van der Waals surface area contributed by atoms with Crippen molar-refractivity contribution in [2.45, 2.75) is 25.6 Å². The minimum absolute atomic E-state index is 0. The summed E-state index contributed by atoms with van der Waals surface area (Å²) in [5, 5.41) is 9.95. The minimum Gasteiger partial charge on any atom is -0.356 e. The normalized spacial score (nSPS) is 11.9. The number of aliphatic imine (C=N–C) groups is 1. The number of hydrogen-bond acceptors (Lipinski definition) is 2. The average Bonchev–Trinajstić information content (AvgIpc) is 2.99. The van der Waals surface area contributed by atoms with Gasteiger partial charge < -0.3 is 10.6 Å². The highest BCUT2D eigenvalue weighted by Crippen LogP contribution is 2.32. The van der Waals surface area contributed by atoms with Crippen molar-refractivity contribution < 1.29 is 17.6 Å². The Morgan fingerprint density at radius 1 is 1.26 bits per heavy atom. The van der Waals surface area contributed by atoms with Crippen molar-refractivity contribution in [2.75, 3.05) is 13.6 Å². The molecular formula is C17H22F4IN5. The van der Waals surface area contributed by atoms with Crippen LogP contribution < -0.4 is 10.6 Å². The van der Waals surface area contributed by atoms with Gasteiger partial charge in [-0.3, -0.25) is 9.67 Å². The van der Waals surface area contributed by atoms with E-state index in [1.54, 1.807) is 10.9 Å². The summed E-state index contributed by atoms with van der Waals surface area (Å²) in [6.07, 6.45) is 0.755. The van der Waals surface area contributed by atoms with E-state index in [4.69, 9.17) is 0 Å². The SMILES string of the molecule is CN=C(NCCCc1cnn(C)c1)NCc1ccc(F)cc1C(F)(F)F.I. The second-order valence-electron chi connectivity index (χ2n) is 5.78. The molecule has 27 heavy (non-hydrogen) atoms. The molecule has 0 spiro atoms. The molecule has 2 aromatic rings. The van der Waals surface area contributed by atoms with E-state index >= 15 is 0 Å². The maximum absolute atomic E-state index is 13.1. The van der Waals surface area contributed by atoms with E-state index in [-0.39, 0.29) is 36.1 Å². The van der Waals surface area contributed by atoms with Crippen molar-refractivity contribution in [3.63, 3.8) is 0 Å². The standard InChI is InChI=1S/C17H21F4N5.HI/c1-22-16(23-7-3-4-12-9-25-26(2)11-12)24-10-13-5-6-14(18)8-15(13)17(19,20)21;/h5-6,8-9,11H,3-4,7,10H2,1-2H3,(H2,22,23,24);1H. The third kappa shape index (κ3) is 7.35. The molecule has 10 heteroatoms. The average molecular weight is 499 g/mol. The summed E-state index contributed by atoms with van der Waals surface area (Å²) < 4.78 is 53.9. The molecule has 0 fully saturated rings. The van der Waals surface area contributed by atoms with E-state index in [9.17, 15) is 17.6 Å². The van der Waals surface area contributed by atoms with Crippen LogP contribution in [-0.2, 0) is 26.2 Å². The third-order valence-corrected chi connectivity index (χ3v) is 3.74. The van der Waals surface area contributed by atoms with Crippen LogP contribution in [0.4, 0.5) is 17.6 Å². The van der Waals surface area contributed by atoms with Crippen LogP contribution in [0.15, 0.2) is 35.6 Å². The van der Waals surface area contributed by atoms with E-state index in [0.717, 1.165) is 30.5 Å². The summed E-state index contributed by atoms with van der Waals surface area (Å²) in [5.74, 6) is -0.535. The van der Waals surface area contributed by atoms with E-state index in [1.807, 2.05) is 13.2 Å². The van der Waals surface area contributed by atoms with Gasteiger partial charge in [0.25, 0.3) is 0 Å². The van der Waals surface area contributed by atoms with Gasteiger partial charge >= 0.3 is 6.18 Å². The largest absolute Gasteiger partial charge is 0.416 e. The Morgan fingerprint density at radius 3 is 2.59 bits per heavy atom. The topological polar surface area (TPSA) is 54.2 Å². The van der Waals surface area contributed by atoms with Gasteiger partial charge in [-0.05, 0) is 36.1 Å². The zero-order chi connectivity index (χ0) is 19.2. The third-order valence-electron chi connectivity index (χ3n) is 3.74. The minimum atomic E-state index is -4.61. The van der Waals surface area contributed by atoms with Gasteiger partial charge in [-0.2, -0.15) is 18.3 Å². The van der Waals surface area contributed by atoms with Crippen molar-refractivity contribution in [3.05, 3.63) is 53.1 Å². The highest BCUT2D eigenvalue weighted by Gasteiger charge is 2.33. The zero-order valence-corrected chi connectivity index (χ0v) is 17.3. The Balaban J connectivity index is 0.00000364. The predicted molar refractivity (Wildman–Crippen MR) is 107 cm³/mol. The first-order valence-corrected chi connectivity index (χ1v) is 8.07. The molecule has 2 rings (SSSR count). The predicted octanol–water partition coefficient (Wildman–Crippen LogP) is 3.49. The van der Waals surface area contributed by atoms with Gasteiger partial charge in [0, 0.05) is 33.4 Å². The maximum atomic E-state index is 13.1. The molecule has 0 saturated heterocycles. The fourth-order valence-corrected chi connectivity index (χ4v) is 2.47. The van der Waals surface area contributed by atoms with Crippen LogP contribution in [0.5, 0.6) is 0 Å². The van der Waals surface area contributed by atoms with Crippen LogP contribution in [0.2, 0.25) is 0 Å². The Labute approximate surface area is 172 Å². The first-order chi connectivity index (χ1) is 12.3.